The average molecular weight is 1130 g/mol. The minimum Gasteiger partial charge on any atom is -0.497 e. The first kappa shape index (κ1) is 62.0. The van der Waals surface area contributed by atoms with Crippen molar-refractivity contribution >= 4 is 35.6 Å². The summed E-state index contributed by atoms with van der Waals surface area (Å²) in [6.07, 6.45) is 0. The number of aliphatic imine (C=N–C) groups is 3. The molecule has 0 fully saturated rings. The predicted molar refractivity (Wildman–Crippen MR) is 302 cm³/mol. The van der Waals surface area contributed by atoms with E-state index < -0.39 is 34.5 Å². The van der Waals surface area contributed by atoms with Gasteiger partial charge in [-0.3, -0.25) is 0 Å². The van der Waals surface area contributed by atoms with Crippen LogP contribution in [0.5, 0.6) is 34.5 Å². The molecule has 21 heteroatoms. The summed E-state index contributed by atoms with van der Waals surface area (Å²) >= 11 is 0. The minimum absolute atomic E-state index is 0. The first-order valence-electron chi connectivity index (χ1n) is 25.1. The Bertz CT molecular complexity index is 3050. The van der Waals surface area contributed by atoms with Gasteiger partial charge in [0.25, 0.3) is 0 Å². The number of rotatable bonds is 21. The van der Waals surface area contributed by atoms with Crippen LogP contribution in [0, 0.1) is 0 Å². The van der Waals surface area contributed by atoms with Crippen LogP contribution in [0.4, 0.5) is 0 Å². The second kappa shape index (κ2) is 29.3. The number of aliphatic hydroxyl groups is 3. The predicted octanol–water partition coefficient (Wildman–Crippen LogP) is 6.84. The molecule has 3 heterocycles. The van der Waals surface area contributed by atoms with E-state index in [1.807, 2.05) is 24.3 Å². The third-order valence-electron chi connectivity index (χ3n) is 12.7. The van der Waals surface area contributed by atoms with Gasteiger partial charge in [0.15, 0.2) is 11.1 Å². The maximum atomic E-state index is 12.7. The zero-order valence-corrected chi connectivity index (χ0v) is 45.5. The van der Waals surface area contributed by atoms with Gasteiger partial charge in [0.2, 0.25) is 17.7 Å². The lowest BCUT2D eigenvalue weighted by molar-refractivity contribution is 0.0147. The fourth-order valence-corrected chi connectivity index (χ4v) is 7.73. The van der Waals surface area contributed by atoms with Crippen molar-refractivity contribution < 1.29 is 86.5 Å². The average Bonchev–Trinajstić information content (AvgIpc) is 4.50. The number of benzene rings is 6. The quantitative estimate of drug-likeness (QED) is 0.0492. The molecule has 434 valence electrons. The largest absolute Gasteiger partial charge is 0.497 e. The van der Waals surface area contributed by atoms with Gasteiger partial charge < -0.3 is 72.2 Å². The van der Waals surface area contributed by atoms with Crippen molar-refractivity contribution in [3.05, 3.63) is 179 Å². The van der Waals surface area contributed by atoms with Crippen LogP contribution in [0.25, 0.3) is 0 Å². The highest BCUT2D eigenvalue weighted by atomic mass is 16.6. The van der Waals surface area contributed by atoms with Gasteiger partial charge in [-0.05, 0) is 146 Å². The summed E-state index contributed by atoms with van der Waals surface area (Å²) in [5.74, 6) is 3.65. The number of hydrogen-bond acceptors (Lipinski definition) is 21. The number of ether oxygens (including phenoxy) is 12. The molecule has 0 bridgehead atoms. The number of carbonyl (C=O) groups is 3. The molecule has 6 aromatic rings. The summed E-state index contributed by atoms with van der Waals surface area (Å²) in [6.45, 7) is -0.800. The molecular weight excluding hydrogens is 1060 g/mol. The van der Waals surface area contributed by atoms with Crippen molar-refractivity contribution in [2.24, 2.45) is 15.0 Å². The first-order chi connectivity index (χ1) is 39.3. The maximum Gasteiger partial charge on any atom is 0.338 e. The highest BCUT2D eigenvalue weighted by Gasteiger charge is 2.42. The van der Waals surface area contributed by atoms with E-state index in [0.29, 0.717) is 62.9 Å². The Morgan fingerprint density at radius 2 is 0.585 bits per heavy atom. The van der Waals surface area contributed by atoms with Gasteiger partial charge in [-0.15, -0.1) is 0 Å². The molecule has 3 aliphatic heterocycles. The number of esters is 3. The lowest BCUT2D eigenvalue weighted by Gasteiger charge is -2.23. The Morgan fingerprint density at radius 1 is 0.366 bits per heavy atom. The van der Waals surface area contributed by atoms with Gasteiger partial charge in [0, 0.05) is 16.7 Å². The van der Waals surface area contributed by atoms with E-state index in [-0.39, 0.29) is 66.9 Å². The van der Waals surface area contributed by atoms with E-state index >= 15 is 0 Å². The van der Waals surface area contributed by atoms with Crippen molar-refractivity contribution in [2.45, 2.75) is 24.0 Å². The van der Waals surface area contributed by atoms with Gasteiger partial charge in [0.05, 0.1) is 79.2 Å². The van der Waals surface area contributed by atoms with Crippen LogP contribution in [0.2, 0.25) is 0 Å². The van der Waals surface area contributed by atoms with Gasteiger partial charge >= 0.3 is 17.9 Å². The van der Waals surface area contributed by atoms with Crippen LogP contribution >= 0.6 is 0 Å². The van der Waals surface area contributed by atoms with Crippen molar-refractivity contribution in [3.8, 4) is 34.5 Å². The molecule has 0 unspecified atom stereocenters. The Morgan fingerprint density at radius 3 is 0.841 bits per heavy atom. The maximum absolute atomic E-state index is 12.7. The zero-order chi connectivity index (χ0) is 57.8. The molecule has 82 heavy (non-hydrogen) atoms. The highest BCUT2D eigenvalue weighted by Crippen LogP contribution is 2.28. The zero-order valence-electron chi connectivity index (χ0n) is 45.5. The molecule has 3 N–H and O–H groups in total. The molecule has 3 aliphatic rings. The molecule has 0 spiro atoms. The SMILES string of the molecule is C.COc1ccc(C(=O)OCC2(COC(=O)c3ccc(OC)cc3)COC(c3ccc(OC)cc3)=N2)cc1.COc1ccc(C(=O)OC[C@@]2(CO)COC(c3ccc(OC)cc3)=N2)cc1.COc1ccc(C2=NC(CO)(CO)CO2)cc1. The molecule has 9 rings (SSSR count). The summed E-state index contributed by atoms with van der Waals surface area (Å²) in [6, 6.07) is 41.3. The van der Waals surface area contributed by atoms with E-state index in [1.54, 1.807) is 164 Å². The smallest absolute Gasteiger partial charge is 0.338 e. The van der Waals surface area contributed by atoms with Gasteiger partial charge in [-0.1, -0.05) is 7.43 Å². The third-order valence-corrected chi connectivity index (χ3v) is 12.7. The van der Waals surface area contributed by atoms with Crippen LogP contribution in [-0.4, -0.2) is 170 Å². The van der Waals surface area contributed by atoms with E-state index in [0.717, 1.165) is 22.6 Å². The Hall–Kier alpha value is -9.18. The fourth-order valence-electron chi connectivity index (χ4n) is 7.73. The van der Waals surface area contributed by atoms with Crippen LogP contribution < -0.4 is 28.4 Å². The number of nitrogens with zero attached hydrogens (tertiary/aromatic N) is 3. The fraction of sp³-hybridized carbons (Fsp3) is 0.311. The van der Waals surface area contributed by atoms with Crippen LogP contribution in [0.15, 0.2) is 161 Å². The van der Waals surface area contributed by atoms with Crippen molar-refractivity contribution in [1.82, 2.24) is 0 Å². The highest BCUT2D eigenvalue weighted by molar-refractivity contribution is 5.97. The molecule has 1 atom stereocenters. The van der Waals surface area contributed by atoms with E-state index in [4.69, 9.17) is 61.8 Å². The standard InChI is InChI=1S/C28H27NO8.C20H21NO6.C12H15NO4.CH4/c1-32-22-10-4-19(5-11-22)25-29-28(16-35-25,17-36-26(30)20-6-12-23(33-2)13-7-20)18-37-27(31)21-8-14-24(34-3)15-9-21;1-24-16-7-3-14(4-8-16)18-21-20(11-22,12-26-18)13-27-19(23)15-5-9-17(25-2)10-6-15;1-16-10-4-2-9(3-5-10)11-13-12(6-14,7-15)8-17-11;/h4-15H,16-18H2,1-3H3;3-10,22H,11-13H2,1-2H3;2-5,14-15H,6-8H2,1H3;1H4/t;20-;;/m.1../s1. The molecule has 0 radical (unpaired) electrons. The summed E-state index contributed by atoms with van der Waals surface area (Å²) < 4.78 is 64.1. The normalized spacial score (nSPS) is 15.8. The lowest BCUT2D eigenvalue weighted by atomic mass is 10.1. The number of aliphatic hydroxyl groups excluding tert-OH is 3. The van der Waals surface area contributed by atoms with E-state index in [2.05, 4.69) is 9.98 Å². The molecule has 0 aliphatic carbocycles. The number of carbonyl (C=O) groups excluding carboxylic acids is 3. The molecule has 0 aromatic heterocycles. The van der Waals surface area contributed by atoms with Crippen LogP contribution in [-0.2, 0) is 28.4 Å². The Labute approximate surface area is 475 Å². The summed E-state index contributed by atoms with van der Waals surface area (Å²) in [5, 5.41) is 28.2. The second-order valence-electron chi connectivity index (χ2n) is 18.4. The van der Waals surface area contributed by atoms with E-state index in [1.165, 1.54) is 0 Å². The first-order valence-corrected chi connectivity index (χ1v) is 25.1. The van der Waals surface area contributed by atoms with Gasteiger partial charge in [-0.25, -0.2) is 29.4 Å². The molecule has 0 amide bonds. The molecule has 6 aromatic carbocycles. The Balaban J connectivity index is 0.000000210. The van der Waals surface area contributed by atoms with Crippen molar-refractivity contribution in [3.63, 3.8) is 0 Å². The number of hydrogen-bond donors (Lipinski definition) is 3. The van der Waals surface area contributed by atoms with Gasteiger partial charge in [-0.2, -0.15) is 0 Å². The van der Waals surface area contributed by atoms with E-state index in [9.17, 15) is 29.7 Å². The monoisotopic (exact) mass is 1130 g/mol. The molecule has 0 saturated carbocycles. The lowest BCUT2D eigenvalue weighted by Crippen LogP contribution is -2.41. The third kappa shape index (κ3) is 16.0. The minimum atomic E-state index is -1.13. The molecule has 0 saturated heterocycles. The number of methoxy groups -OCH3 is 6. The van der Waals surface area contributed by atoms with Crippen molar-refractivity contribution in [1.29, 1.82) is 0 Å². The second-order valence-corrected chi connectivity index (χ2v) is 18.4. The van der Waals surface area contributed by atoms with Crippen molar-refractivity contribution in [2.75, 3.05) is 102 Å². The Kier molecular flexibility index (Phi) is 22.2. The van der Waals surface area contributed by atoms with Crippen LogP contribution in [0.3, 0.4) is 0 Å². The topological polar surface area (TPSA) is 260 Å². The summed E-state index contributed by atoms with van der Waals surface area (Å²) in [7, 11) is 9.41. The summed E-state index contributed by atoms with van der Waals surface area (Å²) in [5.41, 5.74) is 0.315. The summed E-state index contributed by atoms with van der Waals surface area (Å²) in [4.78, 5) is 51.0. The molecular formula is C61H67N3O18. The van der Waals surface area contributed by atoms with Gasteiger partial charge in [0.1, 0.15) is 79.7 Å². The van der Waals surface area contributed by atoms with Crippen LogP contribution in [0.1, 0.15) is 55.2 Å². The molecule has 21 nitrogen and oxygen atoms in total.